The first-order chi connectivity index (χ1) is 11.2. The fraction of sp³-hybridized carbons (Fsp3) is 0.158. The molecule has 0 bridgehead atoms. The first kappa shape index (κ1) is 13.8. The summed E-state index contributed by atoms with van der Waals surface area (Å²) in [6.07, 6.45) is 2.08. The molecular weight excluding hydrogens is 286 g/mol. The van der Waals surface area contributed by atoms with Crippen molar-refractivity contribution >= 4 is 22.2 Å². The second kappa shape index (κ2) is 5.09. The van der Waals surface area contributed by atoms with Crippen LogP contribution in [0.25, 0.3) is 27.9 Å². The van der Waals surface area contributed by atoms with Gasteiger partial charge in [0.25, 0.3) is 0 Å². The molecule has 0 spiro atoms. The highest BCUT2D eigenvalue weighted by Gasteiger charge is 2.12. The number of benzene rings is 2. The summed E-state index contributed by atoms with van der Waals surface area (Å²) in [5.74, 6) is 0.842. The summed E-state index contributed by atoms with van der Waals surface area (Å²) in [5.41, 5.74) is 7.02. The van der Waals surface area contributed by atoms with Crippen molar-refractivity contribution in [2.75, 3.05) is 7.11 Å². The molecular formula is C19H17N3O. The molecule has 4 rings (SSSR count). The van der Waals surface area contributed by atoms with Crippen LogP contribution in [0.2, 0.25) is 0 Å². The van der Waals surface area contributed by atoms with Crippen LogP contribution in [0.5, 0.6) is 5.75 Å². The first-order valence-corrected chi connectivity index (χ1v) is 7.56. The summed E-state index contributed by atoms with van der Waals surface area (Å²) >= 11 is 0. The first-order valence-electron chi connectivity index (χ1n) is 7.56. The largest absolute Gasteiger partial charge is 0.497 e. The van der Waals surface area contributed by atoms with Crippen LogP contribution < -0.4 is 4.74 Å². The zero-order chi connectivity index (χ0) is 16.0. The maximum atomic E-state index is 5.23. The van der Waals surface area contributed by atoms with Gasteiger partial charge in [0.05, 0.1) is 18.1 Å². The minimum atomic E-state index is 0.842. The van der Waals surface area contributed by atoms with Gasteiger partial charge in [-0.05, 0) is 61.4 Å². The number of aromatic nitrogens is 3. The van der Waals surface area contributed by atoms with Crippen molar-refractivity contribution in [1.82, 2.24) is 14.5 Å². The Balaban J connectivity index is 1.98. The molecule has 0 aliphatic rings. The Bertz CT molecular complexity index is 1020. The van der Waals surface area contributed by atoms with E-state index in [-0.39, 0.29) is 0 Å². The molecule has 114 valence electrons. The Hall–Kier alpha value is -2.88. The van der Waals surface area contributed by atoms with Gasteiger partial charge in [-0.15, -0.1) is 0 Å². The van der Waals surface area contributed by atoms with Gasteiger partial charge in [-0.25, -0.2) is 9.97 Å². The van der Waals surface area contributed by atoms with Crippen LogP contribution in [0, 0.1) is 13.8 Å². The Labute approximate surface area is 134 Å². The summed E-state index contributed by atoms with van der Waals surface area (Å²) < 4.78 is 7.31. The number of hydrogen-bond donors (Lipinski definition) is 0. The molecule has 2 heterocycles. The number of ether oxygens (including phenoxy) is 1. The molecule has 0 atom stereocenters. The van der Waals surface area contributed by atoms with Gasteiger partial charge in [0, 0.05) is 11.9 Å². The molecule has 4 aromatic rings. The van der Waals surface area contributed by atoms with Gasteiger partial charge in [0.2, 0.25) is 0 Å². The predicted molar refractivity (Wildman–Crippen MR) is 92.4 cm³/mol. The molecule has 0 radical (unpaired) electrons. The van der Waals surface area contributed by atoms with Crippen LogP contribution in [0.4, 0.5) is 0 Å². The third-order valence-electron chi connectivity index (χ3n) is 4.08. The molecule has 2 aromatic carbocycles. The second-order valence-electron chi connectivity index (χ2n) is 5.77. The molecule has 4 nitrogen and oxygen atoms in total. The lowest BCUT2D eigenvalue weighted by molar-refractivity contribution is 0.415. The van der Waals surface area contributed by atoms with E-state index in [4.69, 9.17) is 14.7 Å². The molecule has 0 N–H and O–H groups in total. The molecule has 0 saturated carbocycles. The lowest BCUT2D eigenvalue weighted by Gasteiger charge is -2.07. The van der Waals surface area contributed by atoms with Crippen molar-refractivity contribution in [2.45, 2.75) is 13.8 Å². The van der Waals surface area contributed by atoms with Crippen molar-refractivity contribution in [2.24, 2.45) is 0 Å². The third kappa shape index (κ3) is 2.23. The Morgan fingerprint density at radius 2 is 1.70 bits per heavy atom. The van der Waals surface area contributed by atoms with E-state index in [0.29, 0.717) is 0 Å². The van der Waals surface area contributed by atoms with Gasteiger partial charge in [0.15, 0.2) is 5.65 Å². The van der Waals surface area contributed by atoms with E-state index in [1.165, 1.54) is 5.56 Å². The van der Waals surface area contributed by atoms with Gasteiger partial charge in [-0.3, -0.25) is 4.57 Å². The van der Waals surface area contributed by atoms with E-state index in [1.807, 2.05) is 30.3 Å². The highest BCUT2D eigenvalue weighted by molar-refractivity contribution is 5.88. The number of rotatable bonds is 2. The smallest absolute Gasteiger partial charge is 0.164 e. The van der Waals surface area contributed by atoms with Crippen LogP contribution in [0.3, 0.4) is 0 Å². The van der Waals surface area contributed by atoms with Crippen LogP contribution >= 0.6 is 0 Å². The summed E-state index contributed by atoms with van der Waals surface area (Å²) in [5, 5.41) is 0. The topological polar surface area (TPSA) is 39.9 Å². The van der Waals surface area contributed by atoms with E-state index in [0.717, 1.165) is 39.2 Å². The van der Waals surface area contributed by atoms with Crippen LogP contribution in [0.1, 0.15) is 11.1 Å². The fourth-order valence-electron chi connectivity index (χ4n) is 2.84. The number of hydrogen-bond acceptors (Lipinski definition) is 3. The number of aryl methyl sites for hydroxylation is 2. The molecule has 0 fully saturated rings. The van der Waals surface area contributed by atoms with Crippen molar-refractivity contribution < 1.29 is 4.74 Å². The van der Waals surface area contributed by atoms with E-state index in [9.17, 15) is 0 Å². The van der Waals surface area contributed by atoms with Crippen LogP contribution in [0.15, 0.2) is 48.7 Å². The highest BCUT2D eigenvalue weighted by atomic mass is 16.5. The van der Waals surface area contributed by atoms with Gasteiger partial charge >= 0.3 is 0 Å². The quantitative estimate of drug-likeness (QED) is 0.557. The standard InChI is InChI=1S/C19H17N3O/c1-12-4-9-16-17(10-12)21-19-18(20-16)13(2)11-22(19)14-5-7-15(23-3)8-6-14/h4-11H,1-3H3. The Morgan fingerprint density at radius 1 is 0.913 bits per heavy atom. The maximum absolute atomic E-state index is 5.23. The summed E-state index contributed by atoms with van der Waals surface area (Å²) in [7, 11) is 1.67. The average molecular weight is 303 g/mol. The molecule has 0 aliphatic carbocycles. The lowest BCUT2D eigenvalue weighted by Crippen LogP contribution is -1.95. The van der Waals surface area contributed by atoms with Crippen molar-refractivity contribution in [3.05, 3.63) is 59.8 Å². The monoisotopic (exact) mass is 303 g/mol. The average Bonchev–Trinajstić information content (AvgIpc) is 2.89. The molecule has 0 saturated heterocycles. The van der Waals surface area contributed by atoms with E-state index >= 15 is 0 Å². The lowest BCUT2D eigenvalue weighted by atomic mass is 10.2. The van der Waals surface area contributed by atoms with Crippen LogP contribution in [-0.4, -0.2) is 21.6 Å². The maximum Gasteiger partial charge on any atom is 0.164 e. The molecule has 2 aromatic heterocycles. The number of nitrogens with zero attached hydrogens (tertiary/aromatic N) is 3. The van der Waals surface area contributed by atoms with Gasteiger partial charge in [-0.2, -0.15) is 0 Å². The molecule has 0 unspecified atom stereocenters. The minimum Gasteiger partial charge on any atom is -0.497 e. The summed E-state index contributed by atoms with van der Waals surface area (Å²) in [6.45, 7) is 4.14. The zero-order valence-corrected chi connectivity index (χ0v) is 13.4. The molecule has 23 heavy (non-hydrogen) atoms. The van der Waals surface area contributed by atoms with Crippen molar-refractivity contribution in [1.29, 1.82) is 0 Å². The number of methoxy groups -OCH3 is 1. The SMILES string of the molecule is COc1ccc(-n2cc(C)c3nc4ccc(C)cc4nc32)cc1. The predicted octanol–water partition coefficient (Wildman–Crippen LogP) is 4.20. The van der Waals surface area contributed by atoms with Gasteiger partial charge in [0.1, 0.15) is 11.3 Å². The third-order valence-corrected chi connectivity index (χ3v) is 4.08. The zero-order valence-electron chi connectivity index (χ0n) is 13.4. The van der Waals surface area contributed by atoms with E-state index in [1.54, 1.807) is 7.11 Å². The minimum absolute atomic E-state index is 0.842. The van der Waals surface area contributed by atoms with Gasteiger partial charge in [-0.1, -0.05) is 6.07 Å². The molecule has 0 aliphatic heterocycles. The van der Waals surface area contributed by atoms with Crippen molar-refractivity contribution in [3.8, 4) is 11.4 Å². The second-order valence-corrected chi connectivity index (χ2v) is 5.77. The van der Waals surface area contributed by atoms with Gasteiger partial charge < -0.3 is 4.74 Å². The summed E-state index contributed by atoms with van der Waals surface area (Å²) in [4.78, 5) is 9.64. The van der Waals surface area contributed by atoms with E-state index in [2.05, 4.69) is 36.7 Å². The summed E-state index contributed by atoms with van der Waals surface area (Å²) in [6, 6.07) is 14.1. The number of fused-ring (bicyclic) bond motifs is 2. The van der Waals surface area contributed by atoms with Crippen LogP contribution in [-0.2, 0) is 0 Å². The fourth-order valence-corrected chi connectivity index (χ4v) is 2.84. The highest BCUT2D eigenvalue weighted by Crippen LogP contribution is 2.25. The Morgan fingerprint density at radius 3 is 2.43 bits per heavy atom. The van der Waals surface area contributed by atoms with E-state index < -0.39 is 0 Å². The Kier molecular flexibility index (Phi) is 3.05. The molecule has 4 heteroatoms. The normalized spacial score (nSPS) is 11.3. The van der Waals surface area contributed by atoms with Crippen molar-refractivity contribution in [3.63, 3.8) is 0 Å². The molecule has 0 amide bonds.